The van der Waals surface area contributed by atoms with Gasteiger partial charge in [0, 0.05) is 14.1 Å². The Bertz CT molecular complexity index is 1060. The lowest BCUT2D eigenvalue weighted by molar-refractivity contribution is 0.404. The van der Waals surface area contributed by atoms with E-state index < -0.39 is 0 Å². The number of para-hydroxylation sites is 4. The standard InChI is InChI=1S/C26H24N2O2/c1-27-17-21(29-25-12-5-3-10-23(25)27)15-19-8-7-9-20(14-19)16-22-18-28(2)24-11-4-6-13-26(24)30-22/h3-16H,17-18H2,1-2H3/b21-15-,22-16-. The van der Waals surface area contributed by atoms with Gasteiger partial charge in [0.15, 0.2) is 0 Å². The van der Waals surface area contributed by atoms with Crippen LogP contribution in [0.5, 0.6) is 11.5 Å². The van der Waals surface area contributed by atoms with E-state index >= 15 is 0 Å². The molecule has 30 heavy (non-hydrogen) atoms. The van der Waals surface area contributed by atoms with Crippen molar-refractivity contribution in [2.75, 3.05) is 37.0 Å². The maximum Gasteiger partial charge on any atom is 0.150 e. The molecule has 0 fully saturated rings. The zero-order valence-corrected chi connectivity index (χ0v) is 17.2. The number of benzene rings is 3. The van der Waals surface area contributed by atoms with Crippen LogP contribution in [0.2, 0.25) is 0 Å². The summed E-state index contributed by atoms with van der Waals surface area (Å²) in [6.07, 6.45) is 4.22. The summed E-state index contributed by atoms with van der Waals surface area (Å²) in [5, 5.41) is 0. The minimum absolute atomic E-state index is 0.743. The highest BCUT2D eigenvalue weighted by Gasteiger charge is 2.19. The number of ether oxygens (including phenoxy) is 2. The normalized spacial score (nSPS) is 17.9. The zero-order chi connectivity index (χ0) is 20.5. The summed E-state index contributed by atoms with van der Waals surface area (Å²) in [7, 11) is 4.18. The van der Waals surface area contributed by atoms with Crippen molar-refractivity contribution in [1.82, 2.24) is 0 Å². The maximum absolute atomic E-state index is 6.12. The van der Waals surface area contributed by atoms with Gasteiger partial charge in [-0.3, -0.25) is 0 Å². The first-order valence-corrected chi connectivity index (χ1v) is 10.1. The molecule has 0 atom stereocenters. The van der Waals surface area contributed by atoms with E-state index in [0.29, 0.717) is 0 Å². The SMILES string of the molecule is CN1C/C(=C/c2cccc(/C=C3/CN(C)c4ccccc4O3)c2)Oc2ccccc21. The third-order valence-corrected chi connectivity index (χ3v) is 5.39. The highest BCUT2D eigenvalue weighted by atomic mass is 16.5. The smallest absolute Gasteiger partial charge is 0.150 e. The molecule has 3 aromatic carbocycles. The Kier molecular flexibility index (Phi) is 4.68. The predicted octanol–water partition coefficient (Wildman–Crippen LogP) is 5.43. The lowest BCUT2D eigenvalue weighted by atomic mass is 10.1. The van der Waals surface area contributed by atoms with Gasteiger partial charge in [-0.15, -0.1) is 0 Å². The number of hydrogen-bond donors (Lipinski definition) is 0. The fourth-order valence-electron chi connectivity index (χ4n) is 3.96. The summed E-state index contributed by atoms with van der Waals surface area (Å²) in [5.74, 6) is 3.66. The maximum atomic E-state index is 6.12. The molecular formula is C26H24N2O2. The highest BCUT2D eigenvalue weighted by molar-refractivity contribution is 5.67. The molecule has 2 aliphatic heterocycles. The minimum Gasteiger partial charge on any atom is -0.458 e. The second kappa shape index (κ2) is 7.64. The van der Waals surface area contributed by atoms with Crippen LogP contribution in [0, 0.1) is 0 Å². The van der Waals surface area contributed by atoms with Crippen LogP contribution in [0.3, 0.4) is 0 Å². The minimum atomic E-state index is 0.743. The van der Waals surface area contributed by atoms with Crippen LogP contribution in [-0.4, -0.2) is 27.2 Å². The van der Waals surface area contributed by atoms with Crippen LogP contribution in [0.15, 0.2) is 84.3 Å². The van der Waals surface area contributed by atoms with Crippen LogP contribution < -0.4 is 19.3 Å². The van der Waals surface area contributed by atoms with E-state index in [4.69, 9.17) is 9.47 Å². The number of nitrogens with zero attached hydrogens (tertiary/aromatic N) is 2. The van der Waals surface area contributed by atoms with Crippen LogP contribution >= 0.6 is 0 Å². The summed E-state index contributed by atoms with van der Waals surface area (Å²) in [6.45, 7) is 1.49. The van der Waals surface area contributed by atoms with Gasteiger partial charge in [-0.1, -0.05) is 42.5 Å². The third-order valence-electron chi connectivity index (χ3n) is 5.39. The van der Waals surface area contributed by atoms with Crippen LogP contribution in [0.25, 0.3) is 12.2 Å². The fourth-order valence-corrected chi connectivity index (χ4v) is 3.96. The van der Waals surface area contributed by atoms with E-state index in [2.05, 4.69) is 72.4 Å². The molecule has 2 heterocycles. The first-order chi connectivity index (χ1) is 14.7. The molecule has 150 valence electrons. The van der Waals surface area contributed by atoms with Gasteiger partial charge in [-0.2, -0.15) is 0 Å². The molecule has 0 spiro atoms. The van der Waals surface area contributed by atoms with Gasteiger partial charge in [0.1, 0.15) is 23.0 Å². The molecule has 3 aromatic rings. The van der Waals surface area contributed by atoms with Gasteiger partial charge in [-0.05, 0) is 53.6 Å². The van der Waals surface area contributed by atoms with Gasteiger partial charge >= 0.3 is 0 Å². The van der Waals surface area contributed by atoms with Crippen LogP contribution in [-0.2, 0) is 0 Å². The van der Waals surface area contributed by atoms with Gasteiger partial charge in [0.05, 0.1) is 24.5 Å². The van der Waals surface area contributed by atoms with Crippen molar-refractivity contribution >= 4 is 23.5 Å². The summed E-state index contributed by atoms with van der Waals surface area (Å²) >= 11 is 0. The lowest BCUT2D eigenvalue weighted by Gasteiger charge is -2.29. The second-order valence-corrected chi connectivity index (χ2v) is 7.74. The van der Waals surface area contributed by atoms with Crippen molar-refractivity contribution in [3.63, 3.8) is 0 Å². The second-order valence-electron chi connectivity index (χ2n) is 7.74. The van der Waals surface area contributed by atoms with Gasteiger partial charge < -0.3 is 19.3 Å². The van der Waals surface area contributed by atoms with Crippen LogP contribution in [0.4, 0.5) is 11.4 Å². The molecule has 0 unspecified atom stereocenters. The molecule has 0 radical (unpaired) electrons. The molecule has 5 rings (SSSR count). The molecule has 4 nitrogen and oxygen atoms in total. The van der Waals surface area contributed by atoms with E-state index in [1.165, 1.54) is 0 Å². The summed E-state index contributed by atoms with van der Waals surface area (Å²) in [6, 6.07) is 24.7. The first kappa shape index (κ1) is 18.4. The number of rotatable bonds is 2. The van der Waals surface area contributed by atoms with Crippen molar-refractivity contribution in [1.29, 1.82) is 0 Å². The number of fused-ring (bicyclic) bond motifs is 2. The van der Waals surface area contributed by atoms with E-state index in [1.54, 1.807) is 0 Å². The molecule has 0 saturated carbocycles. The van der Waals surface area contributed by atoms with E-state index in [1.807, 2.05) is 36.4 Å². The molecular weight excluding hydrogens is 372 g/mol. The Morgan fingerprint density at radius 2 is 1.10 bits per heavy atom. The molecule has 0 bridgehead atoms. The fraction of sp³-hybridized carbons (Fsp3) is 0.154. The Balaban J connectivity index is 1.39. The summed E-state index contributed by atoms with van der Waals surface area (Å²) < 4.78 is 12.2. The van der Waals surface area contributed by atoms with E-state index in [0.717, 1.165) is 58.6 Å². The van der Waals surface area contributed by atoms with Gasteiger partial charge in [-0.25, -0.2) is 0 Å². The Morgan fingerprint density at radius 1 is 0.633 bits per heavy atom. The Hall–Kier alpha value is -3.66. The zero-order valence-electron chi connectivity index (χ0n) is 17.2. The Morgan fingerprint density at radius 3 is 1.60 bits per heavy atom. The molecule has 2 aliphatic rings. The van der Waals surface area contributed by atoms with Gasteiger partial charge in [0.25, 0.3) is 0 Å². The Labute approximate surface area is 177 Å². The van der Waals surface area contributed by atoms with Crippen molar-refractivity contribution in [2.24, 2.45) is 0 Å². The predicted molar refractivity (Wildman–Crippen MR) is 123 cm³/mol. The highest BCUT2D eigenvalue weighted by Crippen LogP contribution is 2.35. The van der Waals surface area contributed by atoms with Gasteiger partial charge in [0.2, 0.25) is 0 Å². The molecule has 0 saturated heterocycles. The molecule has 0 aliphatic carbocycles. The number of anilines is 2. The number of likely N-dealkylation sites (N-methyl/N-ethyl adjacent to an activating group) is 2. The topological polar surface area (TPSA) is 24.9 Å². The molecule has 0 amide bonds. The van der Waals surface area contributed by atoms with Crippen molar-refractivity contribution < 1.29 is 9.47 Å². The molecule has 0 N–H and O–H groups in total. The summed E-state index contributed by atoms with van der Waals surface area (Å²) in [5.41, 5.74) is 4.45. The quantitative estimate of drug-likeness (QED) is 0.577. The number of hydrogen-bond acceptors (Lipinski definition) is 4. The first-order valence-electron chi connectivity index (χ1n) is 10.1. The molecule has 4 heteroatoms. The molecule has 0 aromatic heterocycles. The third kappa shape index (κ3) is 3.64. The average molecular weight is 396 g/mol. The summed E-state index contributed by atoms with van der Waals surface area (Å²) in [4.78, 5) is 4.42. The van der Waals surface area contributed by atoms with Crippen molar-refractivity contribution in [2.45, 2.75) is 0 Å². The van der Waals surface area contributed by atoms with Crippen molar-refractivity contribution in [3.05, 3.63) is 95.4 Å². The van der Waals surface area contributed by atoms with E-state index in [-0.39, 0.29) is 0 Å². The monoisotopic (exact) mass is 396 g/mol. The van der Waals surface area contributed by atoms with E-state index in [9.17, 15) is 0 Å². The largest absolute Gasteiger partial charge is 0.458 e. The van der Waals surface area contributed by atoms with Crippen LogP contribution in [0.1, 0.15) is 11.1 Å². The van der Waals surface area contributed by atoms with Crippen molar-refractivity contribution in [3.8, 4) is 11.5 Å². The lowest BCUT2D eigenvalue weighted by Crippen LogP contribution is -2.27. The average Bonchev–Trinajstić information content (AvgIpc) is 2.74.